The maximum atomic E-state index is 5.77. The molecule has 0 spiro atoms. The molecule has 1 heterocycles. The van der Waals surface area contributed by atoms with Gasteiger partial charge in [0.25, 0.3) is 0 Å². The van der Waals surface area contributed by atoms with E-state index in [1.54, 1.807) is 14.2 Å². The van der Waals surface area contributed by atoms with Crippen molar-refractivity contribution < 1.29 is 9.47 Å². The maximum absolute atomic E-state index is 5.77. The molecule has 0 aliphatic heterocycles. The van der Waals surface area contributed by atoms with Gasteiger partial charge in [0.05, 0.1) is 38.8 Å². The predicted octanol–water partition coefficient (Wildman–Crippen LogP) is 3.31. The lowest BCUT2D eigenvalue weighted by atomic mass is 10.2. The molecular formula is C23H29N5O2. The number of methoxy groups -OCH3 is 1. The molecule has 0 aliphatic carbocycles. The van der Waals surface area contributed by atoms with Crippen molar-refractivity contribution in [1.82, 2.24) is 20.2 Å². The van der Waals surface area contributed by atoms with Gasteiger partial charge in [-0.2, -0.15) is 0 Å². The number of para-hydroxylation sites is 1. The minimum atomic E-state index is 0.509. The van der Waals surface area contributed by atoms with Gasteiger partial charge < -0.3 is 24.7 Å². The van der Waals surface area contributed by atoms with E-state index in [1.807, 2.05) is 60.6 Å². The van der Waals surface area contributed by atoms with Gasteiger partial charge in [0.2, 0.25) is 0 Å². The third-order valence-electron chi connectivity index (χ3n) is 4.65. The molecule has 0 aliphatic rings. The number of hydrogen-bond acceptors (Lipinski definition) is 4. The van der Waals surface area contributed by atoms with Crippen molar-refractivity contribution in [2.24, 2.45) is 4.99 Å². The molecule has 7 heteroatoms. The molecule has 3 aromatic rings. The molecule has 0 radical (unpaired) electrons. The molecule has 0 amide bonds. The van der Waals surface area contributed by atoms with Gasteiger partial charge in [0.15, 0.2) is 5.96 Å². The third-order valence-corrected chi connectivity index (χ3v) is 4.65. The van der Waals surface area contributed by atoms with Crippen LogP contribution in [0.25, 0.3) is 11.3 Å². The molecule has 158 valence electrons. The molecule has 2 aromatic carbocycles. The van der Waals surface area contributed by atoms with E-state index in [0.717, 1.165) is 34.4 Å². The first kappa shape index (κ1) is 21.4. The molecule has 0 saturated heterocycles. The summed E-state index contributed by atoms with van der Waals surface area (Å²) >= 11 is 0. The average Bonchev–Trinajstić information content (AvgIpc) is 3.25. The summed E-state index contributed by atoms with van der Waals surface area (Å²) in [6, 6.07) is 18.0. The van der Waals surface area contributed by atoms with E-state index in [-0.39, 0.29) is 0 Å². The van der Waals surface area contributed by atoms with E-state index in [1.165, 1.54) is 0 Å². The van der Waals surface area contributed by atoms with Gasteiger partial charge in [-0.25, -0.2) is 4.98 Å². The van der Waals surface area contributed by atoms with Gasteiger partial charge in [-0.15, -0.1) is 0 Å². The number of aromatic amines is 1. The summed E-state index contributed by atoms with van der Waals surface area (Å²) in [5.41, 5.74) is 3.16. The fourth-order valence-corrected chi connectivity index (χ4v) is 3.13. The highest BCUT2D eigenvalue weighted by Gasteiger charge is 2.10. The zero-order chi connectivity index (χ0) is 21.2. The molecule has 0 fully saturated rings. The van der Waals surface area contributed by atoms with Gasteiger partial charge in [-0.05, 0) is 11.6 Å². The Balaban J connectivity index is 1.44. The van der Waals surface area contributed by atoms with Gasteiger partial charge >= 0.3 is 0 Å². The second-order valence-electron chi connectivity index (χ2n) is 6.80. The number of aromatic nitrogens is 2. The number of imidazole rings is 1. The lowest BCUT2D eigenvalue weighted by Crippen LogP contribution is -2.40. The predicted molar refractivity (Wildman–Crippen MR) is 120 cm³/mol. The minimum Gasteiger partial charge on any atom is -0.496 e. The summed E-state index contributed by atoms with van der Waals surface area (Å²) < 4.78 is 11.1. The first-order valence-electron chi connectivity index (χ1n) is 9.92. The Labute approximate surface area is 177 Å². The number of rotatable bonds is 9. The Morgan fingerprint density at radius 1 is 1.13 bits per heavy atom. The van der Waals surface area contributed by atoms with Crippen molar-refractivity contribution in [3.8, 4) is 17.0 Å². The van der Waals surface area contributed by atoms with Crippen molar-refractivity contribution in [2.45, 2.75) is 13.2 Å². The van der Waals surface area contributed by atoms with E-state index in [0.29, 0.717) is 26.3 Å². The molecule has 2 N–H and O–H groups in total. The monoisotopic (exact) mass is 407 g/mol. The minimum absolute atomic E-state index is 0.509. The van der Waals surface area contributed by atoms with E-state index >= 15 is 0 Å². The Morgan fingerprint density at radius 3 is 2.67 bits per heavy atom. The SMILES string of the molecule is CN=C(NCCOCc1ccccc1OC)N(C)Cc1ncc(-c2ccccc2)[nH]1. The number of H-pyrrole nitrogens is 1. The van der Waals surface area contributed by atoms with Crippen molar-refractivity contribution in [2.75, 3.05) is 34.4 Å². The fourth-order valence-electron chi connectivity index (χ4n) is 3.13. The Kier molecular flexibility index (Phi) is 7.86. The molecule has 0 unspecified atom stereocenters. The quantitative estimate of drug-likeness (QED) is 0.323. The lowest BCUT2D eigenvalue weighted by molar-refractivity contribution is 0.123. The second-order valence-corrected chi connectivity index (χ2v) is 6.80. The van der Waals surface area contributed by atoms with Crippen LogP contribution in [-0.2, 0) is 17.9 Å². The molecule has 0 atom stereocenters. The number of ether oxygens (including phenoxy) is 2. The van der Waals surface area contributed by atoms with Gasteiger partial charge in [0.1, 0.15) is 11.6 Å². The first-order chi connectivity index (χ1) is 14.7. The number of benzene rings is 2. The zero-order valence-electron chi connectivity index (χ0n) is 17.8. The molecule has 3 rings (SSSR count). The summed E-state index contributed by atoms with van der Waals surface area (Å²) in [5, 5.41) is 3.32. The Hall–Kier alpha value is -3.32. The van der Waals surface area contributed by atoms with Crippen molar-refractivity contribution in [3.63, 3.8) is 0 Å². The fraction of sp³-hybridized carbons (Fsp3) is 0.304. The lowest BCUT2D eigenvalue weighted by Gasteiger charge is -2.21. The third kappa shape index (κ3) is 5.84. The highest BCUT2D eigenvalue weighted by Crippen LogP contribution is 2.18. The summed E-state index contributed by atoms with van der Waals surface area (Å²) in [6.45, 7) is 2.34. The van der Waals surface area contributed by atoms with Crippen LogP contribution in [0.5, 0.6) is 5.75 Å². The second kappa shape index (κ2) is 11.0. The van der Waals surface area contributed by atoms with Crippen molar-refractivity contribution in [3.05, 3.63) is 72.2 Å². The van der Waals surface area contributed by atoms with E-state index in [9.17, 15) is 0 Å². The van der Waals surface area contributed by atoms with Crippen molar-refractivity contribution >= 4 is 5.96 Å². The zero-order valence-corrected chi connectivity index (χ0v) is 17.8. The van der Waals surface area contributed by atoms with Gasteiger partial charge in [-0.1, -0.05) is 48.5 Å². The van der Waals surface area contributed by atoms with Gasteiger partial charge in [0, 0.05) is 26.2 Å². The van der Waals surface area contributed by atoms with Crippen LogP contribution in [0.1, 0.15) is 11.4 Å². The van der Waals surface area contributed by atoms with Crippen LogP contribution >= 0.6 is 0 Å². The van der Waals surface area contributed by atoms with E-state index in [4.69, 9.17) is 9.47 Å². The highest BCUT2D eigenvalue weighted by atomic mass is 16.5. The average molecular weight is 408 g/mol. The molecular weight excluding hydrogens is 378 g/mol. The van der Waals surface area contributed by atoms with Gasteiger partial charge in [-0.3, -0.25) is 4.99 Å². The van der Waals surface area contributed by atoms with Crippen LogP contribution in [0.15, 0.2) is 65.8 Å². The first-order valence-corrected chi connectivity index (χ1v) is 9.92. The number of nitrogens with one attached hydrogen (secondary N) is 2. The van der Waals surface area contributed by atoms with Crippen LogP contribution in [-0.4, -0.2) is 55.2 Å². The molecule has 1 aromatic heterocycles. The molecule has 0 saturated carbocycles. The summed E-state index contributed by atoms with van der Waals surface area (Å²) in [4.78, 5) is 14.2. The van der Waals surface area contributed by atoms with Crippen molar-refractivity contribution in [1.29, 1.82) is 0 Å². The number of hydrogen-bond donors (Lipinski definition) is 2. The van der Waals surface area contributed by atoms with E-state index in [2.05, 4.69) is 32.4 Å². The number of aliphatic imine (C=N–C) groups is 1. The number of nitrogens with zero attached hydrogens (tertiary/aromatic N) is 3. The van der Waals surface area contributed by atoms with Crippen LogP contribution in [0.3, 0.4) is 0 Å². The van der Waals surface area contributed by atoms with E-state index < -0.39 is 0 Å². The van der Waals surface area contributed by atoms with Crippen LogP contribution in [0.2, 0.25) is 0 Å². The van der Waals surface area contributed by atoms with Crippen LogP contribution in [0.4, 0.5) is 0 Å². The Morgan fingerprint density at radius 2 is 1.90 bits per heavy atom. The maximum Gasteiger partial charge on any atom is 0.193 e. The summed E-state index contributed by atoms with van der Waals surface area (Å²) in [7, 11) is 5.42. The summed E-state index contributed by atoms with van der Waals surface area (Å²) in [6.07, 6.45) is 1.86. The topological polar surface area (TPSA) is 74.8 Å². The molecule has 30 heavy (non-hydrogen) atoms. The van der Waals surface area contributed by atoms with Crippen LogP contribution in [0, 0.1) is 0 Å². The normalized spacial score (nSPS) is 11.4. The Bertz CT molecular complexity index is 940. The molecule has 7 nitrogen and oxygen atoms in total. The molecule has 0 bridgehead atoms. The smallest absolute Gasteiger partial charge is 0.193 e. The van der Waals surface area contributed by atoms with Crippen LogP contribution < -0.4 is 10.1 Å². The summed E-state index contributed by atoms with van der Waals surface area (Å²) in [5.74, 6) is 2.51. The highest BCUT2D eigenvalue weighted by molar-refractivity contribution is 5.79. The standard InChI is InChI=1S/C23H29N5O2/c1-24-23(25-13-14-30-17-19-11-7-8-12-21(19)29-3)28(2)16-22-26-15-20(27-22)18-9-5-4-6-10-18/h4-12,15H,13-14,16-17H2,1-3H3,(H,24,25)(H,26,27). The number of guanidine groups is 1. The largest absolute Gasteiger partial charge is 0.496 e.